The van der Waals surface area contributed by atoms with Gasteiger partial charge in [-0.3, -0.25) is 0 Å². The van der Waals surface area contributed by atoms with Gasteiger partial charge in [-0.15, -0.1) is 0 Å². The lowest BCUT2D eigenvalue weighted by atomic mass is 10.3. The fourth-order valence-electron chi connectivity index (χ4n) is 3.05. The summed E-state index contributed by atoms with van der Waals surface area (Å²) in [6.45, 7) is 6.72. The molecule has 0 aliphatic rings. The molecule has 124 valence electrons. The van der Waals surface area contributed by atoms with Crippen molar-refractivity contribution in [3.63, 3.8) is 0 Å². The van der Waals surface area contributed by atoms with Crippen molar-refractivity contribution in [2.75, 3.05) is 0 Å². The molecule has 0 aromatic rings. The molecule has 0 heterocycles. The van der Waals surface area contributed by atoms with Crippen LogP contribution in [0.4, 0.5) is 0 Å². The first-order valence-corrected chi connectivity index (χ1v) is 11.7. The number of hydrogen-bond donors (Lipinski definition) is 1. The van der Waals surface area contributed by atoms with Gasteiger partial charge in [0.15, 0.2) is 0 Å². The van der Waals surface area contributed by atoms with Crippen molar-refractivity contribution in [1.29, 1.82) is 0 Å². The number of unbranched alkanes of at least 4 members (excludes halogenated alkanes) is 6. The molecule has 0 rings (SSSR count). The molecule has 0 radical (unpaired) electrons. The summed E-state index contributed by atoms with van der Waals surface area (Å²) in [7, 11) is -1.53. The van der Waals surface area contributed by atoms with Crippen LogP contribution in [-0.2, 0) is 4.79 Å². The summed E-state index contributed by atoms with van der Waals surface area (Å²) >= 11 is 0. The van der Waals surface area contributed by atoms with Gasteiger partial charge in [-0.25, -0.2) is 4.79 Å². The van der Waals surface area contributed by atoms with Crippen molar-refractivity contribution in [1.82, 2.24) is 0 Å². The Morgan fingerprint density at radius 3 is 1.48 bits per heavy atom. The molecule has 0 aromatic carbocycles. The zero-order valence-electron chi connectivity index (χ0n) is 14.5. The van der Waals surface area contributed by atoms with E-state index in [0.29, 0.717) is 0 Å². The number of aliphatic carboxylic acids is 1. The van der Waals surface area contributed by atoms with Crippen molar-refractivity contribution in [3.05, 3.63) is 11.8 Å². The van der Waals surface area contributed by atoms with Gasteiger partial charge in [0.2, 0.25) is 0 Å². The van der Waals surface area contributed by atoms with Gasteiger partial charge < -0.3 is 5.11 Å². The molecule has 0 spiro atoms. The van der Waals surface area contributed by atoms with E-state index in [1.807, 2.05) is 0 Å². The normalized spacial score (nSPS) is 12.1. The Morgan fingerprint density at radius 2 is 1.19 bits per heavy atom. The van der Waals surface area contributed by atoms with Crippen molar-refractivity contribution in [2.45, 2.75) is 96.7 Å². The van der Waals surface area contributed by atoms with Crippen LogP contribution in [0.3, 0.4) is 0 Å². The molecule has 0 saturated carbocycles. The van der Waals surface area contributed by atoms with Crippen molar-refractivity contribution in [2.24, 2.45) is 0 Å². The average Bonchev–Trinajstić information content (AvgIpc) is 2.46. The minimum Gasteiger partial charge on any atom is -0.478 e. The third kappa shape index (κ3) is 10.8. The molecule has 2 nitrogen and oxygen atoms in total. The summed E-state index contributed by atoms with van der Waals surface area (Å²) in [6.07, 6.45) is 12.9. The minimum absolute atomic E-state index is 0.770. The maximum absolute atomic E-state index is 11.0. The molecule has 0 aromatic heterocycles. The van der Waals surface area contributed by atoms with E-state index in [-0.39, 0.29) is 0 Å². The third-order valence-electron chi connectivity index (χ3n) is 4.41. The molecule has 0 aliphatic heterocycles. The highest BCUT2D eigenvalue weighted by atomic mass is 28.3. The SMILES string of the molecule is CCCCC[Si](C=CC(=O)O)(CCCCC)CCCCC. The molecule has 0 fully saturated rings. The van der Waals surface area contributed by atoms with Crippen LogP contribution < -0.4 is 0 Å². The molecule has 1 N–H and O–H groups in total. The maximum atomic E-state index is 11.0. The molecule has 0 saturated heterocycles. The van der Waals surface area contributed by atoms with Gasteiger partial charge in [-0.1, -0.05) is 102 Å². The zero-order chi connectivity index (χ0) is 16.0. The van der Waals surface area contributed by atoms with Crippen LogP contribution in [0.1, 0.15) is 78.6 Å². The molecule has 21 heavy (non-hydrogen) atoms. The first-order valence-electron chi connectivity index (χ1n) is 9.02. The average molecular weight is 313 g/mol. The van der Waals surface area contributed by atoms with E-state index in [1.54, 1.807) is 0 Å². The molecule has 0 amide bonds. The van der Waals surface area contributed by atoms with E-state index in [4.69, 9.17) is 5.11 Å². The summed E-state index contributed by atoms with van der Waals surface area (Å²) in [5.41, 5.74) is 2.16. The predicted octanol–water partition coefficient (Wildman–Crippen LogP) is 6.19. The van der Waals surface area contributed by atoms with Crippen molar-refractivity contribution >= 4 is 14.0 Å². The highest BCUT2D eigenvalue weighted by Crippen LogP contribution is 2.30. The molecule has 0 aliphatic carbocycles. The van der Waals surface area contributed by atoms with E-state index in [9.17, 15) is 4.79 Å². The lowest BCUT2D eigenvalue weighted by Crippen LogP contribution is -2.32. The Hall–Kier alpha value is -0.573. The first-order chi connectivity index (χ1) is 10.1. The number of carboxylic acids is 1. The second kappa shape index (κ2) is 13.1. The molecule has 0 unspecified atom stereocenters. The van der Waals surface area contributed by atoms with Crippen LogP contribution in [-0.4, -0.2) is 19.1 Å². The monoisotopic (exact) mass is 312 g/mol. The molecule has 3 heteroatoms. The van der Waals surface area contributed by atoms with Gasteiger partial charge in [0.05, 0.1) is 8.07 Å². The Balaban J connectivity index is 4.81. The van der Waals surface area contributed by atoms with Crippen LogP contribution in [0.15, 0.2) is 11.8 Å². The molecular formula is C18H36O2Si. The van der Waals surface area contributed by atoms with Gasteiger partial charge >= 0.3 is 5.97 Å². The summed E-state index contributed by atoms with van der Waals surface area (Å²) in [4.78, 5) is 11.0. The van der Waals surface area contributed by atoms with Crippen LogP contribution >= 0.6 is 0 Å². The second-order valence-electron chi connectivity index (χ2n) is 6.41. The summed E-state index contributed by atoms with van der Waals surface area (Å²) in [6, 6.07) is 3.87. The highest BCUT2D eigenvalue weighted by molar-refractivity contribution is 6.84. The second-order valence-corrected chi connectivity index (χ2v) is 11.0. The Labute approximate surface area is 133 Å². The Kier molecular flexibility index (Phi) is 12.8. The van der Waals surface area contributed by atoms with Crippen LogP contribution in [0.2, 0.25) is 18.1 Å². The minimum atomic E-state index is -1.53. The molecular weight excluding hydrogens is 276 g/mol. The molecule has 0 atom stereocenters. The standard InChI is InChI=1S/C18H36O2Si/c1-4-7-10-14-21(15-11-8-5-2,16-12-9-6-3)17-13-18(19)20/h13,17H,4-12,14-16H2,1-3H3,(H,19,20). The third-order valence-corrected chi connectivity index (χ3v) is 9.34. The zero-order valence-corrected chi connectivity index (χ0v) is 15.5. The van der Waals surface area contributed by atoms with E-state index >= 15 is 0 Å². The number of carbonyl (C=O) groups is 1. The smallest absolute Gasteiger partial charge is 0.327 e. The largest absolute Gasteiger partial charge is 0.478 e. The van der Waals surface area contributed by atoms with Crippen molar-refractivity contribution < 1.29 is 9.90 Å². The van der Waals surface area contributed by atoms with Crippen LogP contribution in [0.25, 0.3) is 0 Å². The topological polar surface area (TPSA) is 37.3 Å². The summed E-state index contributed by atoms with van der Waals surface area (Å²) < 4.78 is 0. The Bertz CT molecular complexity index is 260. The predicted molar refractivity (Wildman–Crippen MR) is 95.5 cm³/mol. The number of rotatable bonds is 14. The van der Waals surface area contributed by atoms with Gasteiger partial charge in [0.25, 0.3) is 0 Å². The van der Waals surface area contributed by atoms with Gasteiger partial charge in [0.1, 0.15) is 0 Å². The van der Waals surface area contributed by atoms with E-state index < -0.39 is 14.0 Å². The lowest BCUT2D eigenvalue weighted by Gasteiger charge is -2.29. The fourth-order valence-corrected chi connectivity index (χ4v) is 7.66. The molecule has 0 bridgehead atoms. The fraction of sp³-hybridized carbons (Fsp3) is 0.833. The Morgan fingerprint density at radius 1 is 0.810 bits per heavy atom. The lowest BCUT2D eigenvalue weighted by molar-refractivity contribution is -0.131. The van der Waals surface area contributed by atoms with E-state index in [0.717, 1.165) is 0 Å². The van der Waals surface area contributed by atoms with Crippen LogP contribution in [0.5, 0.6) is 0 Å². The maximum Gasteiger partial charge on any atom is 0.327 e. The van der Waals surface area contributed by atoms with E-state index in [1.165, 1.54) is 82.0 Å². The van der Waals surface area contributed by atoms with Gasteiger partial charge in [0, 0.05) is 6.08 Å². The van der Waals surface area contributed by atoms with E-state index in [2.05, 4.69) is 26.5 Å². The summed E-state index contributed by atoms with van der Waals surface area (Å²) in [5, 5.41) is 9.03. The van der Waals surface area contributed by atoms with Gasteiger partial charge in [-0.2, -0.15) is 0 Å². The summed E-state index contributed by atoms with van der Waals surface area (Å²) in [5.74, 6) is -0.770. The van der Waals surface area contributed by atoms with Crippen molar-refractivity contribution in [3.8, 4) is 0 Å². The number of carboxylic acid groups (broad SMARTS) is 1. The van der Waals surface area contributed by atoms with Crippen LogP contribution in [0, 0.1) is 0 Å². The quantitative estimate of drug-likeness (QED) is 0.236. The highest BCUT2D eigenvalue weighted by Gasteiger charge is 2.28. The number of hydrogen-bond acceptors (Lipinski definition) is 1. The van der Waals surface area contributed by atoms with Gasteiger partial charge in [-0.05, 0) is 0 Å². The first kappa shape index (κ1) is 20.4.